The Balaban J connectivity index is 0.00000363. The summed E-state index contributed by atoms with van der Waals surface area (Å²) in [6, 6.07) is 4.67. The van der Waals surface area contributed by atoms with Crippen LogP contribution in [-0.2, 0) is 11.3 Å². The van der Waals surface area contributed by atoms with Gasteiger partial charge in [0, 0.05) is 77.2 Å². The Bertz CT molecular complexity index is 689. The molecule has 2 fully saturated rings. The Morgan fingerprint density at radius 2 is 1.84 bits per heavy atom. The molecule has 2 aliphatic heterocycles. The number of morpholine rings is 1. The Labute approximate surface area is 211 Å². The summed E-state index contributed by atoms with van der Waals surface area (Å²) in [6.45, 7) is 14.0. The zero-order chi connectivity index (χ0) is 22.1. The molecule has 2 saturated heterocycles. The van der Waals surface area contributed by atoms with Gasteiger partial charge in [-0.05, 0) is 25.5 Å². The molecule has 3 rings (SSSR count). The van der Waals surface area contributed by atoms with E-state index in [1.54, 1.807) is 0 Å². The Kier molecular flexibility index (Phi) is 12.0. The molecule has 9 heteroatoms. The van der Waals surface area contributed by atoms with Crippen LogP contribution in [0.5, 0.6) is 0 Å². The summed E-state index contributed by atoms with van der Waals surface area (Å²) in [5.41, 5.74) is 1.21. The van der Waals surface area contributed by atoms with E-state index in [4.69, 9.17) is 4.74 Å². The minimum absolute atomic E-state index is 0. The lowest BCUT2D eigenvalue weighted by Crippen LogP contribution is -2.51. The largest absolute Gasteiger partial charge is 0.379 e. The topological polar surface area (TPSA) is 68.3 Å². The van der Waals surface area contributed by atoms with Crippen molar-refractivity contribution in [1.29, 1.82) is 0 Å². The van der Waals surface area contributed by atoms with Gasteiger partial charge in [-0.3, -0.25) is 9.89 Å². The van der Waals surface area contributed by atoms with Crippen LogP contribution < -0.4 is 15.5 Å². The summed E-state index contributed by atoms with van der Waals surface area (Å²) in [7, 11) is 4.02. The predicted molar refractivity (Wildman–Crippen MR) is 143 cm³/mol. The molecular weight excluding hydrogens is 517 g/mol. The molecule has 1 aromatic heterocycles. The third kappa shape index (κ3) is 8.31. The number of piperazine rings is 1. The molecular formula is C23H42IN7O. The van der Waals surface area contributed by atoms with Crippen molar-refractivity contribution < 1.29 is 4.74 Å². The SMILES string of the molecule is CN=C(NCc1cccnc1N1CCN(C)CC1)NCC(CC(C)C)N1CCOCC1.I. The first-order valence-corrected chi connectivity index (χ1v) is 11.7. The molecule has 2 N–H and O–H groups in total. The van der Waals surface area contributed by atoms with Crippen LogP contribution in [-0.4, -0.2) is 99.9 Å². The summed E-state index contributed by atoms with van der Waals surface area (Å²) >= 11 is 0. The summed E-state index contributed by atoms with van der Waals surface area (Å²) in [5.74, 6) is 2.59. The first kappa shape index (κ1) is 27.1. The number of halogens is 1. The summed E-state index contributed by atoms with van der Waals surface area (Å²) < 4.78 is 5.55. The van der Waals surface area contributed by atoms with Gasteiger partial charge in [-0.15, -0.1) is 24.0 Å². The number of pyridine rings is 1. The zero-order valence-corrected chi connectivity index (χ0v) is 22.5. The molecule has 0 spiro atoms. The average Bonchev–Trinajstić information content (AvgIpc) is 2.79. The van der Waals surface area contributed by atoms with Crippen LogP contribution >= 0.6 is 24.0 Å². The highest BCUT2D eigenvalue weighted by Crippen LogP contribution is 2.18. The van der Waals surface area contributed by atoms with Crippen molar-refractivity contribution >= 4 is 35.8 Å². The molecule has 3 heterocycles. The van der Waals surface area contributed by atoms with E-state index in [9.17, 15) is 0 Å². The molecule has 0 amide bonds. The van der Waals surface area contributed by atoms with Crippen molar-refractivity contribution in [3.63, 3.8) is 0 Å². The number of nitrogens with one attached hydrogen (secondary N) is 2. The van der Waals surface area contributed by atoms with Crippen LogP contribution in [0.15, 0.2) is 23.3 Å². The van der Waals surface area contributed by atoms with Gasteiger partial charge in [0.1, 0.15) is 5.82 Å². The number of nitrogens with zero attached hydrogens (tertiary/aromatic N) is 5. The van der Waals surface area contributed by atoms with E-state index in [0.717, 1.165) is 70.8 Å². The molecule has 0 radical (unpaired) electrons. The summed E-state index contributed by atoms with van der Waals surface area (Å²) in [4.78, 5) is 16.5. The number of anilines is 1. The first-order chi connectivity index (χ1) is 15.1. The fraction of sp³-hybridized carbons (Fsp3) is 0.739. The molecule has 1 atom stereocenters. The van der Waals surface area contributed by atoms with E-state index in [-0.39, 0.29) is 24.0 Å². The van der Waals surface area contributed by atoms with Crippen LogP contribution in [0.25, 0.3) is 0 Å². The lowest BCUT2D eigenvalue weighted by atomic mass is 10.0. The maximum Gasteiger partial charge on any atom is 0.191 e. The number of aliphatic imine (C=N–C) groups is 1. The average molecular weight is 560 g/mol. The van der Waals surface area contributed by atoms with Crippen molar-refractivity contribution in [3.05, 3.63) is 23.9 Å². The number of likely N-dealkylation sites (N-methyl/N-ethyl adjacent to an activating group) is 1. The number of hydrogen-bond acceptors (Lipinski definition) is 6. The highest BCUT2D eigenvalue weighted by Gasteiger charge is 2.22. The fourth-order valence-electron chi connectivity index (χ4n) is 4.33. The van der Waals surface area contributed by atoms with E-state index in [1.807, 2.05) is 19.3 Å². The number of hydrogen-bond donors (Lipinski definition) is 2. The van der Waals surface area contributed by atoms with E-state index in [0.29, 0.717) is 18.5 Å². The van der Waals surface area contributed by atoms with Crippen molar-refractivity contribution in [2.24, 2.45) is 10.9 Å². The number of ether oxygens (including phenoxy) is 1. The minimum atomic E-state index is 0. The van der Waals surface area contributed by atoms with E-state index >= 15 is 0 Å². The Morgan fingerprint density at radius 1 is 1.12 bits per heavy atom. The number of guanidine groups is 1. The molecule has 0 aliphatic carbocycles. The lowest BCUT2D eigenvalue weighted by molar-refractivity contribution is 0.0132. The second-order valence-corrected chi connectivity index (χ2v) is 9.01. The third-order valence-electron chi connectivity index (χ3n) is 6.15. The van der Waals surface area contributed by atoms with Crippen LogP contribution in [0.2, 0.25) is 0 Å². The van der Waals surface area contributed by atoms with Gasteiger partial charge in [0.2, 0.25) is 0 Å². The fourth-order valence-corrected chi connectivity index (χ4v) is 4.33. The Hall–Kier alpha value is -1.17. The van der Waals surface area contributed by atoms with Gasteiger partial charge < -0.3 is 25.2 Å². The van der Waals surface area contributed by atoms with Gasteiger partial charge in [0.25, 0.3) is 0 Å². The highest BCUT2D eigenvalue weighted by molar-refractivity contribution is 14.0. The van der Waals surface area contributed by atoms with Crippen LogP contribution in [0.4, 0.5) is 5.82 Å². The van der Waals surface area contributed by atoms with Gasteiger partial charge in [0.05, 0.1) is 13.2 Å². The third-order valence-corrected chi connectivity index (χ3v) is 6.15. The normalized spacial score (nSPS) is 19.5. The molecule has 0 saturated carbocycles. The molecule has 0 bridgehead atoms. The first-order valence-electron chi connectivity index (χ1n) is 11.7. The van der Waals surface area contributed by atoms with Gasteiger partial charge >= 0.3 is 0 Å². The van der Waals surface area contributed by atoms with E-state index in [2.05, 4.69) is 62.3 Å². The summed E-state index contributed by atoms with van der Waals surface area (Å²) in [5, 5.41) is 7.07. The number of rotatable bonds is 8. The standard InChI is InChI=1S/C23H41N7O.HI/c1-19(2)16-21(29-12-14-31-15-13-29)18-27-23(24-3)26-17-20-6-5-7-25-22(20)30-10-8-28(4)9-11-30;/h5-7,19,21H,8-18H2,1-4H3,(H2,24,26,27);1H. The number of aromatic nitrogens is 1. The predicted octanol–water partition coefficient (Wildman–Crippen LogP) is 1.86. The van der Waals surface area contributed by atoms with E-state index in [1.165, 1.54) is 12.0 Å². The minimum Gasteiger partial charge on any atom is -0.379 e. The zero-order valence-electron chi connectivity index (χ0n) is 20.2. The lowest BCUT2D eigenvalue weighted by Gasteiger charge is -2.36. The van der Waals surface area contributed by atoms with Crippen LogP contribution in [0.1, 0.15) is 25.8 Å². The van der Waals surface area contributed by atoms with Crippen molar-refractivity contribution in [2.75, 3.05) is 78.0 Å². The van der Waals surface area contributed by atoms with Crippen molar-refractivity contribution in [2.45, 2.75) is 32.9 Å². The molecule has 1 unspecified atom stereocenters. The molecule has 0 aromatic carbocycles. The van der Waals surface area contributed by atoms with Gasteiger partial charge in [-0.25, -0.2) is 4.98 Å². The highest BCUT2D eigenvalue weighted by atomic mass is 127. The van der Waals surface area contributed by atoms with E-state index < -0.39 is 0 Å². The van der Waals surface area contributed by atoms with Crippen molar-refractivity contribution in [3.8, 4) is 0 Å². The van der Waals surface area contributed by atoms with Crippen molar-refractivity contribution in [1.82, 2.24) is 25.4 Å². The Morgan fingerprint density at radius 3 is 2.50 bits per heavy atom. The maximum atomic E-state index is 5.55. The second-order valence-electron chi connectivity index (χ2n) is 9.01. The summed E-state index contributed by atoms with van der Waals surface area (Å²) in [6.07, 6.45) is 3.06. The van der Waals surface area contributed by atoms with Gasteiger partial charge in [-0.2, -0.15) is 0 Å². The molecule has 1 aromatic rings. The molecule has 2 aliphatic rings. The van der Waals surface area contributed by atoms with Gasteiger partial charge in [-0.1, -0.05) is 19.9 Å². The maximum absolute atomic E-state index is 5.55. The van der Waals surface area contributed by atoms with Crippen LogP contribution in [0.3, 0.4) is 0 Å². The van der Waals surface area contributed by atoms with Gasteiger partial charge in [0.15, 0.2) is 5.96 Å². The smallest absolute Gasteiger partial charge is 0.191 e. The molecule has 8 nitrogen and oxygen atoms in total. The monoisotopic (exact) mass is 559 g/mol. The molecule has 32 heavy (non-hydrogen) atoms. The van der Waals surface area contributed by atoms with Crippen LogP contribution in [0, 0.1) is 5.92 Å². The second kappa shape index (κ2) is 14.2. The molecule has 182 valence electrons. The quantitative estimate of drug-likeness (QED) is 0.287.